The van der Waals surface area contributed by atoms with Crippen LogP contribution in [-0.2, 0) is 22.7 Å². The van der Waals surface area contributed by atoms with Gasteiger partial charge in [0.15, 0.2) is 0 Å². The van der Waals surface area contributed by atoms with E-state index in [1.807, 2.05) is 61.2 Å². The minimum atomic E-state index is -0.971. The lowest BCUT2D eigenvalue weighted by molar-refractivity contribution is -0.136. The first-order valence-corrected chi connectivity index (χ1v) is 18.0. The van der Waals surface area contributed by atoms with Crippen LogP contribution < -0.4 is 15.0 Å². The van der Waals surface area contributed by atoms with E-state index in [4.69, 9.17) is 21.6 Å². The van der Waals surface area contributed by atoms with E-state index in [1.54, 1.807) is 18.2 Å². The van der Waals surface area contributed by atoms with Gasteiger partial charge < -0.3 is 14.5 Å². The Hall–Kier alpha value is -5.25. The molecule has 13 heteroatoms. The number of hydrogen-bond donors (Lipinski definition) is 1. The van der Waals surface area contributed by atoms with E-state index in [1.165, 1.54) is 0 Å². The number of fused-ring (bicyclic) bond motifs is 2. The van der Waals surface area contributed by atoms with Crippen LogP contribution in [0.15, 0.2) is 54.6 Å². The monoisotopic (exact) mass is 720 g/mol. The van der Waals surface area contributed by atoms with Gasteiger partial charge in [0, 0.05) is 56.0 Å². The standard InChI is InChI=1S/C39H37ClN6O6/c1-39(2)33(52-28-8-5-23(18-41)31(40)17-28)21-45(39)36(49)22-3-6-26(7-4-22)43-13-11-27(12-14-43)44-19-24-15-29-30(16-25(24)20-44)38(51)46(37(29)50)32-9-10-34(47)42-35(32)48/h3-8,15-17,27,32-33H,9-14,19-21H2,1-2H3,(H,42,47,48)/t32?,33-/m1/s1. The predicted octanol–water partition coefficient (Wildman–Crippen LogP) is 4.28. The molecule has 0 radical (unpaired) electrons. The number of rotatable bonds is 6. The molecule has 3 fully saturated rings. The zero-order valence-corrected chi connectivity index (χ0v) is 29.6. The lowest BCUT2D eigenvalue weighted by Gasteiger charge is -2.54. The van der Waals surface area contributed by atoms with Crippen molar-refractivity contribution in [3.8, 4) is 11.8 Å². The summed E-state index contributed by atoms with van der Waals surface area (Å²) in [5, 5.41) is 11.7. The molecule has 5 aliphatic heterocycles. The molecule has 0 saturated carbocycles. The third-order valence-corrected chi connectivity index (χ3v) is 11.7. The van der Waals surface area contributed by atoms with Crippen molar-refractivity contribution in [3.63, 3.8) is 0 Å². The molecule has 3 aromatic rings. The molecule has 1 N–H and O–H groups in total. The molecule has 3 saturated heterocycles. The van der Waals surface area contributed by atoms with Gasteiger partial charge in [-0.1, -0.05) is 11.6 Å². The quantitative estimate of drug-likeness (QED) is 0.369. The number of carbonyl (C=O) groups is 5. The van der Waals surface area contributed by atoms with Crippen molar-refractivity contribution in [2.75, 3.05) is 24.5 Å². The summed E-state index contributed by atoms with van der Waals surface area (Å²) in [4.78, 5) is 71.7. The number of anilines is 1. The van der Waals surface area contributed by atoms with Crippen LogP contribution in [0, 0.1) is 11.3 Å². The smallest absolute Gasteiger partial charge is 0.262 e. The van der Waals surface area contributed by atoms with Gasteiger partial charge in [0.05, 0.1) is 33.8 Å². The van der Waals surface area contributed by atoms with Gasteiger partial charge in [-0.15, -0.1) is 0 Å². The number of nitriles is 1. The SMILES string of the molecule is CC1(C)[C@H](Oc2ccc(C#N)c(Cl)c2)CN1C(=O)c1ccc(N2CCC(N3Cc4cc5c(cc4C3)C(=O)N(C3CCC(=O)NC3=O)C5=O)CC2)cc1. The second kappa shape index (κ2) is 12.8. The number of nitrogens with zero attached hydrogens (tertiary/aromatic N) is 5. The van der Waals surface area contributed by atoms with Crippen molar-refractivity contribution < 1.29 is 28.7 Å². The molecule has 8 rings (SSSR count). The summed E-state index contributed by atoms with van der Waals surface area (Å²) >= 11 is 6.17. The Morgan fingerprint density at radius 1 is 0.923 bits per heavy atom. The summed E-state index contributed by atoms with van der Waals surface area (Å²) in [5.74, 6) is -1.45. The first-order valence-electron chi connectivity index (χ1n) is 17.6. The fourth-order valence-electron chi connectivity index (χ4n) is 8.15. The summed E-state index contributed by atoms with van der Waals surface area (Å²) in [6, 6.07) is 17.8. The molecule has 3 aromatic carbocycles. The molecular formula is C39H37ClN6O6. The molecule has 266 valence electrons. The van der Waals surface area contributed by atoms with Gasteiger partial charge in [-0.05, 0) is 92.8 Å². The average Bonchev–Trinajstić information content (AvgIpc) is 3.66. The predicted molar refractivity (Wildman–Crippen MR) is 190 cm³/mol. The van der Waals surface area contributed by atoms with Gasteiger partial charge >= 0.3 is 0 Å². The molecule has 0 spiro atoms. The lowest BCUT2D eigenvalue weighted by atomic mass is 9.84. The Kier molecular flexibility index (Phi) is 8.31. The summed E-state index contributed by atoms with van der Waals surface area (Å²) < 4.78 is 6.13. The molecule has 2 atom stereocenters. The molecule has 0 aliphatic carbocycles. The number of hydrogen-bond acceptors (Lipinski definition) is 9. The third kappa shape index (κ3) is 5.68. The molecule has 1 unspecified atom stereocenters. The number of ether oxygens (including phenoxy) is 1. The van der Waals surface area contributed by atoms with Gasteiger partial charge in [-0.2, -0.15) is 5.26 Å². The van der Waals surface area contributed by atoms with Crippen molar-refractivity contribution in [2.24, 2.45) is 0 Å². The van der Waals surface area contributed by atoms with Crippen LogP contribution in [0.1, 0.15) is 87.3 Å². The summed E-state index contributed by atoms with van der Waals surface area (Å²) in [5.41, 5.74) is 4.23. The number of carbonyl (C=O) groups excluding carboxylic acids is 5. The Bertz CT molecular complexity index is 2040. The fourth-order valence-corrected chi connectivity index (χ4v) is 8.36. The summed E-state index contributed by atoms with van der Waals surface area (Å²) in [6.07, 6.45) is 1.91. The number of imide groups is 2. The minimum Gasteiger partial charge on any atom is -0.486 e. The van der Waals surface area contributed by atoms with E-state index in [2.05, 4.69) is 15.1 Å². The van der Waals surface area contributed by atoms with Crippen LogP contribution in [-0.4, -0.2) is 87.6 Å². The highest BCUT2D eigenvalue weighted by Crippen LogP contribution is 2.38. The van der Waals surface area contributed by atoms with E-state index < -0.39 is 35.2 Å². The molecule has 12 nitrogen and oxygen atoms in total. The Morgan fingerprint density at radius 3 is 2.15 bits per heavy atom. The maximum atomic E-state index is 13.5. The van der Waals surface area contributed by atoms with Gasteiger partial charge in [-0.3, -0.25) is 39.1 Å². The van der Waals surface area contributed by atoms with Gasteiger partial charge in [0.25, 0.3) is 17.7 Å². The van der Waals surface area contributed by atoms with Crippen LogP contribution in [0.3, 0.4) is 0 Å². The van der Waals surface area contributed by atoms with E-state index >= 15 is 0 Å². The van der Waals surface area contributed by atoms with Crippen molar-refractivity contribution in [1.82, 2.24) is 20.0 Å². The Morgan fingerprint density at radius 2 is 1.58 bits per heavy atom. The van der Waals surface area contributed by atoms with E-state index in [9.17, 15) is 24.0 Å². The second-order valence-electron chi connectivity index (χ2n) is 14.7. The van der Waals surface area contributed by atoms with Crippen LogP contribution in [0.25, 0.3) is 0 Å². The minimum absolute atomic E-state index is 0.0559. The average molecular weight is 721 g/mol. The van der Waals surface area contributed by atoms with Crippen molar-refractivity contribution in [1.29, 1.82) is 5.26 Å². The molecule has 5 aliphatic rings. The van der Waals surface area contributed by atoms with Crippen LogP contribution in [0.4, 0.5) is 5.69 Å². The largest absolute Gasteiger partial charge is 0.486 e. The molecule has 5 heterocycles. The van der Waals surface area contributed by atoms with Crippen LogP contribution in [0.5, 0.6) is 5.75 Å². The number of amides is 5. The van der Waals surface area contributed by atoms with E-state index in [0.29, 0.717) is 58.7 Å². The number of benzene rings is 3. The molecule has 0 aromatic heterocycles. The first kappa shape index (κ1) is 33.9. The van der Waals surface area contributed by atoms with Crippen LogP contribution in [0.2, 0.25) is 5.02 Å². The molecule has 0 bridgehead atoms. The van der Waals surface area contributed by atoms with Crippen molar-refractivity contribution >= 4 is 46.8 Å². The van der Waals surface area contributed by atoms with E-state index in [0.717, 1.165) is 47.6 Å². The van der Waals surface area contributed by atoms with E-state index in [-0.39, 0.29) is 24.9 Å². The summed E-state index contributed by atoms with van der Waals surface area (Å²) in [6.45, 7) is 7.48. The number of piperidine rings is 2. The van der Waals surface area contributed by atoms with Crippen molar-refractivity contribution in [2.45, 2.75) is 76.3 Å². The zero-order chi connectivity index (χ0) is 36.5. The zero-order valence-electron chi connectivity index (χ0n) is 28.9. The molecular weight excluding hydrogens is 684 g/mol. The fraction of sp³-hybridized carbons (Fsp3) is 0.385. The number of halogens is 1. The third-order valence-electron chi connectivity index (χ3n) is 11.4. The number of nitrogens with one attached hydrogen (secondary N) is 1. The van der Waals surface area contributed by atoms with Crippen LogP contribution >= 0.6 is 11.6 Å². The highest BCUT2D eigenvalue weighted by Gasteiger charge is 2.51. The second-order valence-corrected chi connectivity index (χ2v) is 15.1. The number of likely N-dealkylation sites (tertiary alicyclic amines) is 1. The Balaban J connectivity index is 0.848. The van der Waals surface area contributed by atoms with Gasteiger partial charge in [0.2, 0.25) is 11.8 Å². The lowest BCUT2D eigenvalue weighted by Crippen LogP contribution is -2.71. The van der Waals surface area contributed by atoms with Crippen molar-refractivity contribution in [3.05, 3.63) is 93.0 Å². The molecule has 5 amide bonds. The Labute approximate surface area is 305 Å². The normalized spacial score (nSPS) is 22.8. The highest BCUT2D eigenvalue weighted by molar-refractivity contribution is 6.31. The molecule has 52 heavy (non-hydrogen) atoms. The first-order chi connectivity index (χ1) is 24.9. The highest BCUT2D eigenvalue weighted by atomic mass is 35.5. The topological polar surface area (TPSA) is 143 Å². The summed E-state index contributed by atoms with van der Waals surface area (Å²) in [7, 11) is 0. The van der Waals surface area contributed by atoms with Gasteiger partial charge in [-0.25, -0.2) is 0 Å². The maximum absolute atomic E-state index is 13.5. The van der Waals surface area contributed by atoms with Gasteiger partial charge in [0.1, 0.15) is 24.0 Å². The maximum Gasteiger partial charge on any atom is 0.262 e.